The maximum atomic E-state index is 11.8. The normalized spacial score (nSPS) is 16.7. The zero-order chi connectivity index (χ0) is 19.1. The third kappa shape index (κ3) is 10.0. The van der Waals surface area contributed by atoms with E-state index in [1.165, 1.54) is 0 Å². The molecule has 1 rings (SSSR count). The number of alkyl carbamates (subject to hydrolysis) is 1. The molecule has 148 valence electrons. The van der Waals surface area contributed by atoms with E-state index < -0.39 is 15.6 Å². The van der Waals surface area contributed by atoms with Crippen LogP contribution in [0.3, 0.4) is 0 Å². The lowest BCUT2D eigenvalue weighted by atomic mass is 10.0. The van der Waals surface area contributed by atoms with Crippen molar-refractivity contribution in [3.05, 3.63) is 0 Å². The smallest absolute Gasteiger partial charge is 0.407 e. The number of nitrogens with zero attached hydrogens (tertiary/aromatic N) is 1. The lowest BCUT2D eigenvalue weighted by molar-refractivity contribution is 0.0517. The van der Waals surface area contributed by atoms with Gasteiger partial charge < -0.3 is 15.0 Å². The van der Waals surface area contributed by atoms with E-state index in [9.17, 15) is 13.2 Å². The van der Waals surface area contributed by atoms with Crippen molar-refractivity contribution in [3.63, 3.8) is 0 Å². The molecule has 25 heavy (non-hydrogen) atoms. The SMILES string of the molecule is CCC(CCN(C)CCNS(=O)(=O)C1CC1)CNC(=O)OC(C)(C)C. The van der Waals surface area contributed by atoms with Crippen LogP contribution in [-0.2, 0) is 14.8 Å². The summed E-state index contributed by atoms with van der Waals surface area (Å²) in [5, 5.41) is 2.66. The molecule has 0 spiro atoms. The van der Waals surface area contributed by atoms with E-state index in [4.69, 9.17) is 4.74 Å². The lowest BCUT2D eigenvalue weighted by Crippen LogP contribution is -2.37. The molecule has 1 aliphatic carbocycles. The molecule has 0 bridgehead atoms. The number of hydrogen-bond acceptors (Lipinski definition) is 5. The average Bonchev–Trinajstić information content (AvgIpc) is 3.30. The number of hydrogen-bond donors (Lipinski definition) is 2. The summed E-state index contributed by atoms with van der Waals surface area (Å²) in [5.74, 6) is 0.373. The number of amides is 1. The monoisotopic (exact) mass is 377 g/mol. The topological polar surface area (TPSA) is 87.7 Å². The van der Waals surface area contributed by atoms with Crippen molar-refractivity contribution in [2.45, 2.75) is 64.2 Å². The van der Waals surface area contributed by atoms with Crippen LogP contribution in [0.4, 0.5) is 4.79 Å². The quantitative estimate of drug-likeness (QED) is 0.574. The number of nitrogens with one attached hydrogen (secondary N) is 2. The Kier molecular flexibility index (Phi) is 8.63. The van der Waals surface area contributed by atoms with Crippen molar-refractivity contribution in [2.24, 2.45) is 5.92 Å². The highest BCUT2D eigenvalue weighted by Gasteiger charge is 2.35. The van der Waals surface area contributed by atoms with Gasteiger partial charge >= 0.3 is 6.09 Å². The van der Waals surface area contributed by atoms with Crippen LogP contribution in [0.2, 0.25) is 0 Å². The van der Waals surface area contributed by atoms with Gasteiger partial charge in [-0.15, -0.1) is 0 Å². The molecule has 0 heterocycles. The standard InChI is InChI=1S/C17H35N3O4S/c1-6-14(13-18-16(21)24-17(2,3)4)9-11-20(5)12-10-19-25(22,23)15-7-8-15/h14-15,19H,6-13H2,1-5H3,(H,18,21). The summed E-state index contributed by atoms with van der Waals surface area (Å²) in [7, 11) is -1.10. The Morgan fingerprint density at radius 3 is 2.44 bits per heavy atom. The van der Waals surface area contributed by atoms with Gasteiger partial charge in [0.25, 0.3) is 0 Å². The number of rotatable bonds is 11. The minimum atomic E-state index is -3.09. The van der Waals surface area contributed by atoms with Gasteiger partial charge in [-0.2, -0.15) is 0 Å². The lowest BCUT2D eigenvalue weighted by Gasteiger charge is -2.23. The minimum absolute atomic E-state index is 0.166. The van der Waals surface area contributed by atoms with Crippen molar-refractivity contribution in [3.8, 4) is 0 Å². The number of carbonyl (C=O) groups is 1. The molecular weight excluding hydrogens is 342 g/mol. The zero-order valence-corrected chi connectivity index (χ0v) is 17.1. The molecular formula is C17H35N3O4S. The molecule has 0 radical (unpaired) electrons. The summed E-state index contributed by atoms with van der Waals surface area (Å²) in [6.07, 6.45) is 3.10. The first-order valence-electron chi connectivity index (χ1n) is 9.17. The summed E-state index contributed by atoms with van der Waals surface area (Å²) in [6.45, 7) is 10.2. The van der Waals surface area contributed by atoms with Crippen LogP contribution in [0.1, 0.15) is 53.4 Å². The first kappa shape index (κ1) is 22.2. The second-order valence-corrected chi connectivity index (χ2v) is 9.93. The molecule has 0 aromatic carbocycles. The maximum Gasteiger partial charge on any atom is 0.407 e. The van der Waals surface area contributed by atoms with E-state index in [0.717, 1.165) is 32.2 Å². The molecule has 0 aliphatic heterocycles. The highest BCUT2D eigenvalue weighted by atomic mass is 32.2. The molecule has 7 nitrogen and oxygen atoms in total. The van der Waals surface area contributed by atoms with Gasteiger partial charge in [0.05, 0.1) is 5.25 Å². The summed E-state index contributed by atoms with van der Waals surface area (Å²) in [6, 6.07) is 0. The Morgan fingerprint density at radius 1 is 1.28 bits per heavy atom. The summed E-state index contributed by atoms with van der Waals surface area (Å²) >= 11 is 0. The highest BCUT2D eigenvalue weighted by molar-refractivity contribution is 7.90. The Balaban J connectivity index is 2.18. The van der Waals surface area contributed by atoms with Gasteiger partial charge in [0.1, 0.15) is 5.60 Å². The van der Waals surface area contributed by atoms with Gasteiger partial charge in [-0.05, 0) is 59.5 Å². The molecule has 1 aliphatic rings. The van der Waals surface area contributed by atoms with Gasteiger partial charge in [0, 0.05) is 19.6 Å². The van der Waals surface area contributed by atoms with Crippen molar-refractivity contribution in [1.82, 2.24) is 14.9 Å². The molecule has 2 N–H and O–H groups in total. The third-order valence-electron chi connectivity index (χ3n) is 4.19. The molecule has 1 fully saturated rings. The molecule has 8 heteroatoms. The number of ether oxygens (including phenoxy) is 1. The first-order valence-corrected chi connectivity index (χ1v) is 10.7. The van der Waals surface area contributed by atoms with Crippen LogP contribution < -0.4 is 10.0 Å². The summed E-state index contributed by atoms with van der Waals surface area (Å²) in [4.78, 5) is 13.8. The number of carbonyl (C=O) groups excluding carboxylic acids is 1. The fraction of sp³-hybridized carbons (Fsp3) is 0.941. The van der Waals surface area contributed by atoms with Crippen LogP contribution in [-0.4, -0.2) is 63.5 Å². The van der Waals surface area contributed by atoms with Gasteiger partial charge in [-0.3, -0.25) is 0 Å². The van der Waals surface area contributed by atoms with Crippen LogP contribution in [0.5, 0.6) is 0 Å². The zero-order valence-electron chi connectivity index (χ0n) is 16.3. The van der Waals surface area contributed by atoms with Crippen molar-refractivity contribution in [1.29, 1.82) is 0 Å². The Labute approximate surface area is 152 Å². The van der Waals surface area contributed by atoms with Gasteiger partial charge in [-0.25, -0.2) is 17.9 Å². The number of sulfonamides is 1. The predicted molar refractivity (Wildman–Crippen MR) is 100 cm³/mol. The molecule has 1 unspecified atom stereocenters. The first-order chi connectivity index (χ1) is 11.5. The minimum Gasteiger partial charge on any atom is -0.444 e. The second kappa shape index (κ2) is 9.73. The maximum absolute atomic E-state index is 11.8. The predicted octanol–water partition coefficient (Wildman–Crippen LogP) is 1.94. The fourth-order valence-corrected chi connectivity index (χ4v) is 3.75. The number of likely N-dealkylation sites (N-methyl/N-ethyl adjacent to an activating group) is 1. The molecule has 0 aromatic rings. The van der Waals surface area contributed by atoms with Crippen LogP contribution in [0.15, 0.2) is 0 Å². The van der Waals surface area contributed by atoms with Crippen LogP contribution in [0.25, 0.3) is 0 Å². The third-order valence-corrected chi connectivity index (χ3v) is 6.15. The van der Waals surface area contributed by atoms with Gasteiger partial charge in [0.15, 0.2) is 0 Å². The fourth-order valence-electron chi connectivity index (χ4n) is 2.38. The summed E-state index contributed by atoms with van der Waals surface area (Å²) in [5.41, 5.74) is -0.486. The largest absolute Gasteiger partial charge is 0.444 e. The average molecular weight is 378 g/mol. The van der Waals surface area contributed by atoms with Gasteiger partial charge in [0.2, 0.25) is 10.0 Å². The second-order valence-electron chi connectivity index (χ2n) is 7.89. The molecule has 0 aromatic heterocycles. The molecule has 1 amide bonds. The van der Waals surface area contributed by atoms with E-state index in [-0.39, 0.29) is 11.3 Å². The van der Waals surface area contributed by atoms with E-state index >= 15 is 0 Å². The van der Waals surface area contributed by atoms with E-state index in [1.807, 2.05) is 27.8 Å². The van der Waals surface area contributed by atoms with E-state index in [2.05, 4.69) is 21.9 Å². The Bertz CT molecular complexity index is 512. The van der Waals surface area contributed by atoms with Crippen LogP contribution in [0, 0.1) is 5.92 Å². The van der Waals surface area contributed by atoms with E-state index in [0.29, 0.717) is 25.6 Å². The molecule has 1 atom stereocenters. The van der Waals surface area contributed by atoms with Crippen molar-refractivity contribution in [2.75, 3.05) is 33.2 Å². The van der Waals surface area contributed by atoms with E-state index in [1.54, 1.807) is 0 Å². The molecule has 1 saturated carbocycles. The van der Waals surface area contributed by atoms with Crippen LogP contribution >= 0.6 is 0 Å². The van der Waals surface area contributed by atoms with Gasteiger partial charge in [-0.1, -0.05) is 13.3 Å². The summed E-state index contributed by atoms with van der Waals surface area (Å²) < 4.78 is 31.4. The highest BCUT2D eigenvalue weighted by Crippen LogP contribution is 2.27. The Hall–Kier alpha value is -0.860. The van der Waals surface area contributed by atoms with Crippen molar-refractivity contribution >= 4 is 16.1 Å². The molecule has 0 saturated heterocycles. The van der Waals surface area contributed by atoms with Crippen molar-refractivity contribution < 1.29 is 17.9 Å². The Morgan fingerprint density at radius 2 is 1.92 bits per heavy atom.